The van der Waals surface area contributed by atoms with Gasteiger partial charge < -0.3 is 18.9 Å². The van der Waals surface area contributed by atoms with Gasteiger partial charge in [0.1, 0.15) is 13.2 Å². The summed E-state index contributed by atoms with van der Waals surface area (Å²) in [6, 6.07) is 0. The van der Waals surface area contributed by atoms with Crippen molar-refractivity contribution in [2.45, 2.75) is 136 Å². The first kappa shape index (κ1) is 35.5. The summed E-state index contributed by atoms with van der Waals surface area (Å²) in [4.78, 5) is 36.7. The first-order valence-corrected chi connectivity index (χ1v) is 15.4. The average Bonchev–Trinajstić information content (AvgIpc) is 3.39. The van der Waals surface area contributed by atoms with E-state index in [-0.39, 0.29) is 44.1 Å². The third kappa shape index (κ3) is 19.6. The van der Waals surface area contributed by atoms with Gasteiger partial charge in [-0.05, 0) is 12.8 Å². The van der Waals surface area contributed by atoms with E-state index in [1.54, 1.807) is 18.0 Å². The fraction of sp³-hybridized carbons (Fsp3) is 0.833. The summed E-state index contributed by atoms with van der Waals surface area (Å²) >= 11 is 0. The molecule has 40 heavy (non-hydrogen) atoms. The lowest BCUT2D eigenvalue weighted by molar-refractivity contribution is -0.160. The van der Waals surface area contributed by atoms with Gasteiger partial charge >= 0.3 is 17.9 Å². The molecule has 0 saturated heterocycles. The second kappa shape index (κ2) is 24.3. The van der Waals surface area contributed by atoms with Crippen LogP contribution in [0.4, 0.5) is 0 Å². The number of aromatic nitrogens is 3. The summed E-state index contributed by atoms with van der Waals surface area (Å²) in [7, 11) is 1.54. The molecule has 1 atom stereocenters. The number of rotatable bonds is 26. The molecular weight excluding hydrogens is 514 g/mol. The summed E-state index contributed by atoms with van der Waals surface area (Å²) in [5.74, 6) is -0.916. The first-order chi connectivity index (χ1) is 19.5. The minimum Gasteiger partial charge on any atom is -0.463 e. The predicted molar refractivity (Wildman–Crippen MR) is 153 cm³/mol. The highest BCUT2D eigenvalue weighted by Gasteiger charge is 2.19. The van der Waals surface area contributed by atoms with Crippen LogP contribution in [-0.4, -0.2) is 65.9 Å². The number of aryl methyl sites for hydroxylation is 1. The molecule has 0 aliphatic heterocycles. The van der Waals surface area contributed by atoms with Crippen molar-refractivity contribution in [1.82, 2.24) is 15.0 Å². The van der Waals surface area contributed by atoms with Gasteiger partial charge in [0.2, 0.25) is 0 Å². The van der Waals surface area contributed by atoms with Crippen LogP contribution in [0.1, 0.15) is 122 Å². The van der Waals surface area contributed by atoms with Crippen LogP contribution in [0.25, 0.3) is 0 Å². The first-order valence-electron chi connectivity index (χ1n) is 15.4. The molecule has 0 radical (unpaired) electrons. The van der Waals surface area contributed by atoms with Crippen molar-refractivity contribution < 1.29 is 33.3 Å². The van der Waals surface area contributed by atoms with Gasteiger partial charge in [-0.15, -0.1) is 5.10 Å². The number of hydrogen-bond donors (Lipinski definition) is 0. The number of ether oxygens (including phenoxy) is 4. The van der Waals surface area contributed by atoms with E-state index in [9.17, 15) is 14.4 Å². The van der Waals surface area contributed by atoms with E-state index in [0.29, 0.717) is 31.6 Å². The quantitative estimate of drug-likeness (QED) is 0.0783. The summed E-state index contributed by atoms with van der Waals surface area (Å²) in [6.07, 6.45) is 16.6. The largest absolute Gasteiger partial charge is 0.463 e. The van der Waals surface area contributed by atoms with Crippen LogP contribution >= 0.6 is 0 Å². The van der Waals surface area contributed by atoms with Gasteiger partial charge in [0.15, 0.2) is 6.10 Å². The molecule has 0 fully saturated rings. The van der Waals surface area contributed by atoms with Crippen molar-refractivity contribution in [3.8, 4) is 0 Å². The number of methoxy groups -OCH3 is 1. The van der Waals surface area contributed by atoms with Crippen LogP contribution in [0, 0.1) is 0 Å². The van der Waals surface area contributed by atoms with Crippen molar-refractivity contribution in [1.29, 1.82) is 0 Å². The highest BCUT2D eigenvalue weighted by molar-refractivity contribution is 5.70. The maximum absolute atomic E-state index is 12.5. The number of nitrogens with zero attached hydrogens (tertiary/aromatic N) is 3. The molecule has 1 aromatic heterocycles. The second-order valence-electron chi connectivity index (χ2n) is 10.3. The number of carbonyl (C=O) groups excluding carboxylic acids is 3. The van der Waals surface area contributed by atoms with Crippen LogP contribution in [-0.2, 0) is 46.3 Å². The van der Waals surface area contributed by atoms with Crippen LogP contribution < -0.4 is 0 Å². The monoisotopic (exact) mass is 567 g/mol. The predicted octanol–water partition coefficient (Wildman–Crippen LogP) is 5.75. The van der Waals surface area contributed by atoms with Gasteiger partial charge in [-0.3, -0.25) is 14.4 Å². The van der Waals surface area contributed by atoms with Crippen molar-refractivity contribution in [3.63, 3.8) is 0 Å². The lowest BCUT2D eigenvalue weighted by Crippen LogP contribution is -2.30. The zero-order valence-electron chi connectivity index (χ0n) is 25.2. The summed E-state index contributed by atoms with van der Waals surface area (Å²) in [6.45, 7) is 5.12. The molecule has 0 aliphatic rings. The number of esters is 3. The van der Waals surface area contributed by atoms with E-state index in [2.05, 4.69) is 24.2 Å². The van der Waals surface area contributed by atoms with E-state index in [4.69, 9.17) is 18.9 Å². The molecule has 1 aromatic rings. The normalized spacial score (nSPS) is 11.8. The van der Waals surface area contributed by atoms with Crippen LogP contribution in [0.5, 0.6) is 0 Å². The van der Waals surface area contributed by atoms with Gasteiger partial charge in [0, 0.05) is 32.6 Å². The number of unbranched alkanes of at least 4 members (excludes halogenated alkanes) is 11. The molecule has 10 nitrogen and oxygen atoms in total. The summed E-state index contributed by atoms with van der Waals surface area (Å²) in [5, 5.41) is 8.21. The molecule has 1 heterocycles. The van der Waals surface area contributed by atoms with Crippen LogP contribution in [0.3, 0.4) is 0 Å². The Bertz CT molecular complexity index is 800. The molecule has 230 valence electrons. The third-order valence-electron chi connectivity index (χ3n) is 6.56. The van der Waals surface area contributed by atoms with E-state index >= 15 is 0 Å². The van der Waals surface area contributed by atoms with Crippen LogP contribution in [0.2, 0.25) is 0 Å². The number of carbonyl (C=O) groups is 3. The molecule has 10 heteroatoms. The lowest BCUT2D eigenvalue weighted by atomic mass is 10.1. The Labute approximate surface area is 240 Å². The fourth-order valence-electron chi connectivity index (χ4n) is 4.20. The van der Waals surface area contributed by atoms with E-state index in [1.165, 1.54) is 44.9 Å². The Morgan fingerprint density at radius 1 is 0.750 bits per heavy atom. The van der Waals surface area contributed by atoms with Crippen molar-refractivity contribution >= 4 is 17.9 Å². The summed E-state index contributed by atoms with van der Waals surface area (Å²) < 4.78 is 22.7. The van der Waals surface area contributed by atoms with Crippen LogP contribution in [0.15, 0.2) is 6.20 Å². The van der Waals surface area contributed by atoms with Gasteiger partial charge in [0.25, 0.3) is 0 Å². The maximum atomic E-state index is 12.5. The Hall–Kier alpha value is -2.49. The Kier molecular flexibility index (Phi) is 21.6. The third-order valence-corrected chi connectivity index (χ3v) is 6.56. The van der Waals surface area contributed by atoms with Crippen molar-refractivity contribution in [2.24, 2.45) is 0 Å². The topological polar surface area (TPSA) is 119 Å². The molecule has 0 amide bonds. The molecule has 0 bridgehead atoms. The van der Waals surface area contributed by atoms with Gasteiger partial charge in [0.05, 0.1) is 25.3 Å². The smallest absolute Gasteiger partial charge is 0.306 e. The minimum atomic E-state index is -0.667. The van der Waals surface area contributed by atoms with E-state index < -0.39 is 6.10 Å². The Morgan fingerprint density at radius 3 is 1.95 bits per heavy atom. The average molecular weight is 568 g/mol. The summed E-state index contributed by atoms with van der Waals surface area (Å²) in [5.41, 5.74) is 0.622. The van der Waals surface area contributed by atoms with Gasteiger partial charge in [-0.1, -0.05) is 89.7 Å². The highest BCUT2D eigenvalue weighted by atomic mass is 16.6. The molecule has 1 unspecified atom stereocenters. The fourth-order valence-corrected chi connectivity index (χ4v) is 4.20. The Morgan fingerprint density at radius 2 is 1.32 bits per heavy atom. The van der Waals surface area contributed by atoms with E-state index in [0.717, 1.165) is 38.5 Å². The molecule has 0 aromatic carbocycles. The number of hydrogen-bond acceptors (Lipinski definition) is 9. The van der Waals surface area contributed by atoms with Gasteiger partial charge in [-0.25, -0.2) is 4.68 Å². The van der Waals surface area contributed by atoms with Crippen molar-refractivity contribution in [3.05, 3.63) is 11.9 Å². The molecule has 0 spiro atoms. The minimum absolute atomic E-state index is 0.0293. The zero-order valence-corrected chi connectivity index (χ0v) is 25.2. The maximum Gasteiger partial charge on any atom is 0.306 e. The zero-order chi connectivity index (χ0) is 29.3. The SMILES string of the molecule is CCCCCCCCCC(=O)OC(COC(=O)CCCCCCCC)Cn1cc(CCC(=O)OCCOC)nn1. The second-order valence-corrected chi connectivity index (χ2v) is 10.3. The molecule has 0 N–H and O–H groups in total. The standard InChI is InChI=1S/C30H53N3O7/c1-4-6-8-10-12-14-16-18-30(36)40-27(25-39-28(34)17-15-13-11-9-7-5-2)24-33-23-26(31-32-33)19-20-29(35)38-22-21-37-3/h23,27H,4-22,24-25H2,1-3H3. The molecule has 0 saturated carbocycles. The Balaban J connectivity index is 2.53. The van der Waals surface area contributed by atoms with E-state index in [1.807, 2.05) is 0 Å². The van der Waals surface area contributed by atoms with Gasteiger partial charge in [-0.2, -0.15) is 0 Å². The van der Waals surface area contributed by atoms with Crippen molar-refractivity contribution in [2.75, 3.05) is 26.9 Å². The molecule has 1 rings (SSSR count). The molecular formula is C30H53N3O7. The molecule has 0 aliphatic carbocycles. The lowest BCUT2D eigenvalue weighted by Gasteiger charge is -2.18. The highest BCUT2D eigenvalue weighted by Crippen LogP contribution is 2.12.